The third-order valence-corrected chi connectivity index (χ3v) is 5.91. The van der Waals surface area contributed by atoms with Crippen molar-refractivity contribution in [3.8, 4) is 11.3 Å². The summed E-state index contributed by atoms with van der Waals surface area (Å²) in [7, 11) is 2.00. The van der Waals surface area contributed by atoms with Crippen LogP contribution in [-0.2, 0) is 11.2 Å². The lowest BCUT2D eigenvalue weighted by Crippen LogP contribution is -2.08. The van der Waals surface area contributed by atoms with Crippen LogP contribution in [0.1, 0.15) is 19.4 Å². The van der Waals surface area contributed by atoms with E-state index in [1.165, 1.54) is 0 Å². The second kappa shape index (κ2) is 12.5. The number of aromatic nitrogens is 3. The first-order valence-corrected chi connectivity index (χ1v) is 14.2. The van der Waals surface area contributed by atoms with E-state index in [9.17, 15) is 4.79 Å². The maximum atomic E-state index is 11.6. The first-order valence-electron chi connectivity index (χ1n) is 11.3. The number of carbonyl (C=O) groups is 1. The van der Waals surface area contributed by atoms with Crippen molar-refractivity contribution in [1.29, 1.82) is 0 Å². The Morgan fingerprint density at radius 3 is 2.54 bits per heavy atom. The number of nitrogens with zero attached hydrogens (tertiary/aromatic N) is 3. The van der Waals surface area contributed by atoms with Gasteiger partial charge in [-0.05, 0) is 60.5 Å². The molecule has 4 heterocycles. The van der Waals surface area contributed by atoms with Gasteiger partial charge in [-0.2, -0.15) is 11.8 Å². The summed E-state index contributed by atoms with van der Waals surface area (Å²) in [4.78, 5) is 24.2. The Bertz CT molecular complexity index is 1290. The fraction of sp³-hybridized carbons (Fsp3) is 0.269. The Morgan fingerprint density at radius 2 is 1.80 bits per heavy atom. The summed E-state index contributed by atoms with van der Waals surface area (Å²) in [5, 5.41) is 7.31. The summed E-state index contributed by atoms with van der Waals surface area (Å²) in [5.41, 5.74) is 5.69. The van der Waals surface area contributed by atoms with Gasteiger partial charge in [-0.15, -0.1) is 0 Å². The molecule has 1 aromatic carbocycles. The third-order valence-electron chi connectivity index (χ3n) is 5.18. The molecule has 3 N–H and O–H groups in total. The number of pyridine rings is 2. The maximum Gasteiger partial charge on any atom is 0.228 e. The second-order valence-corrected chi connectivity index (χ2v) is 9.22. The molecule has 0 radical (unpaired) electrons. The Kier molecular flexibility index (Phi) is 9.45. The first-order chi connectivity index (χ1) is 17.0. The van der Waals surface area contributed by atoms with Gasteiger partial charge in [-0.3, -0.25) is 4.79 Å². The van der Waals surface area contributed by atoms with Crippen LogP contribution in [0, 0.1) is 0 Å². The Morgan fingerprint density at radius 1 is 1.03 bits per heavy atom. The van der Waals surface area contributed by atoms with Crippen molar-refractivity contribution in [3.63, 3.8) is 0 Å². The van der Waals surface area contributed by atoms with Crippen LogP contribution in [0.3, 0.4) is 0 Å². The van der Waals surface area contributed by atoms with Crippen LogP contribution in [0.25, 0.3) is 22.2 Å². The minimum Gasteiger partial charge on any atom is -0.351 e. The lowest BCUT2D eigenvalue weighted by atomic mass is 10.1. The molecule has 4 aromatic rings. The van der Waals surface area contributed by atoms with Crippen molar-refractivity contribution in [1.82, 2.24) is 15.0 Å². The van der Waals surface area contributed by atoms with E-state index < -0.39 is 0 Å². The number of fused-ring (bicyclic) bond motifs is 2. The number of hydrogen-bond donors (Lipinski definition) is 3. The van der Waals surface area contributed by atoms with Gasteiger partial charge in [0.25, 0.3) is 0 Å². The number of amides is 1. The minimum atomic E-state index is 0.0267. The second-order valence-electron chi connectivity index (χ2n) is 7.49. The molecule has 1 aliphatic rings. The zero-order valence-electron chi connectivity index (χ0n) is 21.0. The number of aromatic amines is 1. The van der Waals surface area contributed by atoms with E-state index >= 15 is 0 Å². The zero-order valence-corrected chi connectivity index (χ0v) is 22.6. The fourth-order valence-electron chi connectivity index (χ4n) is 3.68. The van der Waals surface area contributed by atoms with Gasteiger partial charge in [0.15, 0.2) is 5.82 Å². The Hall–Kier alpha value is -3.17. The molecular formula is C26H32N6OS2. The largest absolute Gasteiger partial charge is 0.351 e. The quantitative estimate of drug-likeness (QED) is 0.262. The van der Waals surface area contributed by atoms with Crippen LogP contribution in [0.4, 0.5) is 23.0 Å². The van der Waals surface area contributed by atoms with Crippen molar-refractivity contribution < 1.29 is 4.79 Å². The van der Waals surface area contributed by atoms with Crippen LogP contribution in [0.2, 0.25) is 0 Å². The Balaban J connectivity index is 0.000000638. The van der Waals surface area contributed by atoms with Gasteiger partial charge in [0.1, 0.15) is 5.82 Å². The van der Waals surface area contributed by atoms with Gasteiger partial charge in [0, 0.05) is 48.0 Å². The van der Waals surface area contributed by atoms with Gasteiger partial charge in [-0.25, -0.2) is 9.97 Å². The molecule has 0 unspecified atom stereocenters. The zero-order chi connectivity index (χ0) is 25.4. The summed E-state index contributed by atoms with van der Waals surface area (Å²) in [5.74, 6) is 1.66. The molecule has 184 valence electrons. The molecule has 0 spiro atoms. The van der Waals surface area contributed by atoms with Gasteiger partial charge in [0.2, 0.25) is 5.91 Å². The average Bonchev–Trinajstić information content (AvgIpc) is 3.48. The van der Waals surface area contributed by atoms with Crippen molar-refractivity contribution in [3.05, 3.63) is 60.4 Å². The van der Waals surface area contributed by atoms with Crippen LogP contribution in [0.15, 0.2) is 54.9 Å². The van der Waals surface area contributed by atoms with Crippen LogP contribution < -0.4 is 14.9 Å². The standard InChI is InChI=1S/C22H20N6OS.C2H6S.C2H6/c1-28(30-2)22-16(4-3-8-24-22)18-11-13-7-9-23-21(20(13)27-18)25-15-5-6-17-14(10-15)12-19(29)26-17;1-3-2;1-2/h3-11,27H,12H2,1-2H3,(H,23,25)(H,26,29);1-2H3;1-2H3. The van der Waals surface area contributed by atoms with Crippen LogP contribution in [-0.4, -0.2) is 46.7 Å². The predicted octanol–water partition coefficient (Wildman–Crippen LogP) is 6.58. The van der Waals surface area contributed by atoms with Crippen molar-refractivity contribution in [2.45, 2.75) is 20.3 Å². The van der Waals surface area contributed by atoms with Crippen LogP contribution in [0.5, 0.6) is 0 Å². The smallest absolute Gasteiger partial charge is 0.228 e. The predicted molar refractivity (Wildman–Crippen MR) is 154 cm³/mol. The highest BCUT2D eigenvalue weighted by Crippen LogP contribution is 2.34. The molecule has 3 aromatic heterocycles. The topological polar surface area (TPSA) is 85.9 Å². The van der Waals surface area contributed by atoms with Crippen LogP contribution >= 0.6 is 23.7 Å². The van der Waals surface area contributed by atoms with E-state index in [0.717, 1.165) is 50.7 Å². The van der Waals surface area contributed by atoms with E-state index in [4.69, 9.17) is 0 Å². The SMILES string of the molecule is CC.CSC.CSN(C)c1ncccc1-c1cc2ccnc(Nc3ccc4c(c3)CC(=O)N4)c2[nH]1. The number of rotatable bonds is 5. The summed E-state index contributed by atoms with van der Waals surface area (Å²) in [6.45, 7) is 4.00. The molecule has 1 amide bonds. The highest BCUT2D eigenvalue weighted by Gasteiger charge is 2.18. The number of benzene rings is 1. The van der Waals surface area contributed by atoms with Gasteiger partial charge < -0.3 is 19.9 Å². The van der Waals surface area contributed by atoms with E-state index in [1.54, 1.807) is 36.1 Å². The molecule has 35 heavy (non-hydrogen) atoms. The molecule has 0 bridgehead atoms. The Labute approximate surface area is 215 Å². The summed E-state index contributed by atoms with van der Waals surface area (Å²) < 4.78 is 2.04. The molecular weight excluding hydrogens is 476 g/mol. The van der Waals surface area contributed by atoms with E-state index in [2.05, 4.69) is 37.7 Å². The van der Waals surface area contributed by atoms with E-state index in [-0.39, 0.29) is 5.91 Å². The monoisotopic (exact) mass is 508 g/mol. The molecule has 0 saturated heterocycles. The normalized spacial score (nSPS) is 11.5. The van der Waals surface area contributed by atoms with E-state index in [0.29, 0.717) is 6.42 Å². The molecule has 0 aliphatic carbocycles. The van der Waals surface area contributed by atoms with Crippen molar-refractivity contribution in [2.75, 3.05) is 40.8 Å². The molecule has 0 saturated carbocycles. The molecule has 1 aliphatic heterocycles. The average molecular weight is 509 g/mol. The van der Waals surface area contributed by atoms with Gasteiger partial charge in [0.05, 0.1) is 17.6 Å². The van der Waals surface area contributed by atoms with Crippen molar-refractivity contribution in [2.24, 2.45) is 0 Å². The van der Waals surface area contributed by atoms with E-state index in [1.807, 2.05) is 74.3 Å². The van der Waals surface area contributed by atoms with Gasteiger partial charge in [-0.1, -0.05) is 25.8 Å². The number of carbonyl (C=O) groups excluding carboxylic acids is 1. The number of hydrogen-bond acceptors (Lipinski definition) is 7. The van der Waals surface area contributed by atoms with Gasteiger partial charge >= 0.3 is 0 Å². The summed E-state index contributed by atoms with van der Waals surface area (Å²) in [6, 6.07) is 14.0. The highest BCUT2D eigenvalue weighted by atomic mass is 32.2. The highest BCUT2D eigenvalue weighted by molar-refractivity contribution is 7.99. The fourth-order valence-corrected chi connectivity index (χ4v) is 4.00. The number of H-pyrrole nitrogens is 1. The summed E-state index contributed by atoms with van der Waals surface area (Å²) in [6.07, 6.45) is 10.1. The van der Waals surface area contributed by atoms with Crippen molar-refractivity contribution >= 4 is 63.5 Å². The minimum absolute atomic E-state index is 0.0267. The number of anilines is 4. The summed E-state index contributed by atoms with van der Waals surface area (Å²) >= 11 is 3.36. The molecule has 7 nitrogen and oxygen atoms in total. The molecule has 0 atom stereocenters. The lowest BCUT2D eigenvalue weighted by molar-refractivity contribution is -0.115. The third kappa shape index (κ3) is 6.10. The molecule has 0 fully saturated rings. The lowest BCUT2D eigenvalue weighted by Gasteiger charge is -2.17. The molecule has 9 heteroatoms. The number of nitrogens with one attached hydrogen (secondary N) is 3. The first kappa shape index (κ1) is 26.4. The molecule has 5 rings (SSSR count). The number of thioether (sulfide) groups is 1. The maximum absolute atomic E-state index is 11.6.